The molecule has 4 heteroatoms. The Balaban J connectivity index is 2.49. The van der Waals surface area contributed by atoms with Crippen molar-refractivity contribution in [1.29, 1.82) is 0 Å². The van der Waals surface area contributed by atoms with Gasteiger partial charge in [-0.15, -0.1) is 0 Å². The molecule has 1 aliphatic rings. The average Bonchev–Trinajstić information content (AvgIpc) is 2.30. The molecule has 0 aliphatic carbocycles. The topological polar surface area (TPSA) is 52.4 Å². The first-order valence-corrected chi connectivity index (χ1v) is 4.81. The molecule has 0 fully saturated rings. The van der Waals surface area contributed by atoms with Crippen LogP contribution in [0.5, 0.6) is 5.75 Å². The Morgan fingerprint density at radius 2 is 2.06 bits per heavy atom. The lowest BCUT2D eigenvalue weighted by molar-refractivity contribution is -0.383. The molecule has 3 rings (SSSR count). The van der Waals surface area contributed by atoms with E-state index in [1.54, 1.807) is 36.6 Å². The smallest absolute Gasteiger partial charge is 0.277 e. The molecule has 0 N–H and O–H groups in total. The minimum Gasteiger partial charge on any atom is -0.464 e. The number of hydrogen-bond donors (Lipinski definition) is 0. The quantitative estimate of drug-likeness (QED) is 0.540. The van der Waals surface area contributed by atoms with E-state index in [1.807, 2.05) is 0 Å². The maximum absolute atomic E-state index is 10.9. The van der Waals surface area contributed by atoms with Gasteiger partial charge >= 0.3 is 0 Å². The summed E-state index contributed by atoms with van der Waals surface area (Å²) in [7, 11) is 0. The molecule has 0 unspecified atom stereocenters. The van der Waals surface area contributed by atoms with Gasteiger partial charge in [-0.2, -0.15) is 0 Å². The van der Waals surface area contributed by atoms with Crippen LogP contribution in [0, 0.1) is 10.1 Å². The van der Waals surface area contributed by atoms with Crippen molar-refractivity contribution in [3.8, 4) is 5.75 Å². The Labute approximate surface area is 90.9 Å². The Hall–Kier alpha value is -2.36. The summed E-state index contributed by atoms with van der Waals surface area (Å²) < 4.78 is 5.33. The van der Waals surface area contributed by atoms with Crippen LogP contribution in [0.25, 0.3) is 16.8 Å². The number of nitro groups is 1. The zero-order valence-corrected chi connectivity index (χ0v) is 8.21. The van der Waals surface area contributed by atoms with Crippen molar-refractivity contribution in [1.82, 2.24) is 0 Å². The fraction of sp³-hybridized carbons (Fsp3) is 0. The Bertz CT molecular complexity index is 631. The number of hydrogen-bond acceptors (Lipinski definition) is 3. The molecule has 0 aromatic heterocycles. The predicted octanol–water partition coefficient (Wildman–Crippen LogP) is 3.11. The van der Waals surface area contributed by atoms with E-state index < -0.39 is 0 Å². The summed E-state index contributed by atoms with van der Waals surface area (Å²) in [5.74, 6) is 0.665. The van der Waals surface area contributed by atoms with E-state index in [2.05, 4.69) is 0 Å². The Morgan fingerprint density at radius 1 is 1.19 bits per heavy atom. The van der Waals surface area contributed by atoms with Gasteiger partial charge in [0.15, 0.2) is 0 Å². The largest absolute Gasteiger partial charge is 0.464 e. The highest BCUT2D eigenvalue weighted by Crippen LogP contribution is 2.37. The molecule has 16 heavy (non-hydrogen) atoms. The van der Waals surface area contributed by atoms with Gasteiger partial charge in [-0.3, -0.25) is 10.1 Å². The standard InChI is InChI=1S/C12H7NO3/c14-13(15)10-5-4-8-6-7-16-11-3-1-2-9(10)12(8)11/h1-7H. The molecule has 2 aromatic carbocycles. The van der Waals surface area contributed by atoms with E-state index in [9.17, 15) is 10.1 Å². The van der Waals surface area contributed by atoms with Gasteiger partial charge in [0.1, 0.15) is 5.75 Å². The summed E-state index contributed by atoms with van der Waals surface area (Å²) in [6, 6.07) is 8.57. The number of non-ortho nitro benzene ring substituents is 1. The van der Waals surface area contributed by atoms with Crippen molar-refractivity contribution in [2.75, 3.05) is 0 Å². The number of nitro benzene ring substituents is 1. The second-order valence-corrected chi connectivity index (χ2v) is 3.53. The zero-order valence-electron chi connectivity index (χ0n) is 8.21. The molecule has 78 valence electrons. The van der Waals surface area contributed by atoms with Crippen LogP contribution in [0.2, 0.25) is 0 Å². The minimum absolute atomic E-state index is 0.111. The van der Waals surface area contributed by atoms with Crippen molar-refractivity contribution in [3.63, 3.8) is 0 Å². The van der Waals surface area contributed by atoms with Crippen LogP contribution in [-0.2, 0) is 0 Å². The van der Waals surface area contributed by atoms with Crippen LogP contribution in [0.4, 0.5) is 5.69 Å². The van der Waals surface area contributed by atoms with Gasteiger partial charge in [0.2, 0.25) is 0 Å². The lowest BCUT2D eigenvalue weighted by atomic mass is 10.0. The molecule has 1 heterocycles. The van der Waals surface area contributed by atoms with Crippen LogP contribution >= 0.6 is 0 Å². The molecular weight excluding hydrogens is 206 g/mol. The first kappa shape index (κ1) is 8.91. The van der Waals surface area contributed by atoms with Crippen LogP contribution in [0.3, 0.4) is 0 Å². The van der Waals surface area contributed by atoms with Crippen molar-refractivity contribution in [2.24, 2.45) is 0 Å². The van der Waals surface area contributed by atoms with Crippen molar-refractivity contribution in [2.45, 2.75) is 0 Å². The van der Waals surface area contributed by atoms with E-state index in [0.29, 0.717) is 11.1 Å². The minimum atomic E-state index is -0.374. The highest BCUT2D eigenvalue weighted by atomic mass is 16.6. The third kappa shape index (κ3) is 1.10. The molecule has 0 atom stereocenters. The maximum atomic E-state index is 10.9. The molecular formula is C12H7NO3. The van der Waals surface area contributed by atoms with E-state index in [4.69, 9.17) is 4.74 Å². The number of ether oxygens (including phenoxy) is 1. The maximum Gasteiger partial charge on any atom is 0.277 e. The van der Waals surface area contributed by atoms with E-state index >= 15 is 0 Å². The summed E-state index contributed by atoms with van der Waals surface area (Å²) in [6.07, 6.45) is 3.39. The fourth-order valence-electron chi connectivity index (χ4n) is 1.96. The van der Waals surface area contributed by atoms with Crippen molar-refractivity contribution in [3.05, 3.63) is 52.3 Å². The summed E-state index contributed by atoms with van der Waals surface area (Å²) in [6.45, 7) is 0. The molecule has 0 saturated heterocycles. The number of nitrogens with zero attached hydrogens (tertiary/aromatic N) is 1. The third-order valence-corrected chi connectivity index (χ3v) is 2.65. The highest BCUT2D eigenvalue weighted by molar-refractivity contribution is 6.01. The van der Waals surface area contributed by atoms with Crippen molar-refractivity contribution < 1.29 is 9.66 Å². The molecule has 0 saturated carbocycles. The third-order valence-electron chi connectivity index (χ3n) is 2.65. The first-order valence-electron chi connectivity index (χ1n) is 4.81. The molecule has 1 aliphatic heterocycles. The fourth-order valence-corrected chi connectivity index (χ4v) is 1.96. The normalized spacial score (nSPS) is 12.5. The van der Waals surface area contributed by atoms with Crippen LogP contribution in [0.1, 0.15) is 5.56 Å². The zero-order chi connectivity index (χ0) is 11.1. The average molecular weight is 213 g/mol. The lowest BCUT2D eigenvalue weighted by Crippen LogP contribution is -1.95. The summed E-state index contributed by atoms with van der Waals surface area (Å²) >= 11 is 0. The monoisotopic (exact) mass is 213 g/mol. The molecule has 0 spiro atoms. The summed E-state index contributed by atoms with van der Waals surface area (Å²) in [5.41, 5.74) is 1.06. The van der Waals surface area contributed by atoms with Crippen LogP contribution in [-0.4, -0.2) is 4.92 Å². The van der Waals surface area contributed by atoms with Crippen LogP contribution in [0.15, 0.2) is 36.6 Å². The van der Waals surface area contributed by atoms with Gasteiger partial charge in [0.25, 0.3) is 5.69 Å². The highest BCUT2D eigenvalue weighted by Gasteiger charge is 2.17. The van der Waals surface area contributed by atoms with Gasteiger partial charge in [0.05, 0.1) is 16.6 Å². The van der Waals surface area contributed by atoms with Gasteiger partial charge < -0.3 is 4.74 Å². The van der Waals surface area contributed by atoms with Gasteiger partial charge in [-0.25, -0.2) is 0 Å². The molecule has 4 nitrogen and oxygen atoms in total. The lowest BCUT2D eigenvalue weighted by Gasteiger charge is -2.12. The van der Waals surface area contributed by atoms with E-state index in [-0.39, 0.29) is 10.6 Å². The molecule has 0 amide bonds. The van der Waals surface area contributed by atoms with Crippen LogP contribution < -0.4 is 4.74 Å². The van der Waals surface area contributed by atoms with Crippen molar-refractivity contribution >= 4 is 22.5 Å². The second kappa shape index (κ2) is 3.06. The van der Waals surface area contributed by atoms with Gasteiger partial charge in [-0.1, -0.05) is 6.07 Å². The Morgan fingerprint density at radius 3 is 2.88 bits per heavy atom. The van der Waals surface area contributed by atoms with Gasteiger partial charge in [0, 0.05) is 11.5 Å². The molecule has 2 aromatic rings. The SMILES string of the molecule is O=[N+]([O-])c1ccc2c3c(cccc13)OC=C2. The number of benzene rings is 2. The summed E-state index contributed by atoms with van der Waals surface area (Å²) in [5, 5.41) is 12.3. The van der Waals surface area contributed by atoms with E-state index in [0.717, 1.165) is 10.9 Å². The predicted molar refractivity (Wildman–Crippen MR) is 60.3 cm³/mol. The van der Waals surface area contributed by atoms with E-state index in [1.165, 1.54) is 6.07 Å². The number of rotatable bonds is 1. The first-order chi connectivity index (χ1) is 7.77. The molecule has 0 radical (unpaired) electrons. The van der Waals surface area contributed by atoms with Gasteiger partial charge in [-0.05, 0) is 29.8 Å². The summed E-state index contributed by atoms with van der Waals surface area (Å²) in [4.78, 5) is 10.5. The second-order valence-electron chi connectivity index (χ2n) is 3.53. The molecule has 0 bridgehead atoms. The Kier molecular flexibility index (Phi) is 1.71.